The van der Waals surface area contributed by atoms with Crippen molar-refractivity contribution in [3.8, 4) is 0 Å². The minimum Gasteiger partial charge on any atom is -0.455 e. The number of nitro groups is 1. The molecule has 0 unspecified atom stereocenters. The number of fused-ring (bicyclic) bond motifs is 1. The average Bonchev–Trinajstić information content (AvgIpc) is 3.19. The fraction of sp³-hybridized carbons (Fsp3) is 0.174. The van der Waals surface area contributed by atoms with Crippen molar-refractivity contribution in [2.24, 2.45) is 5.10 Å². The second kappa shape index (κ2) is 9.53. The number of nitro benzene ring substituents is 1. The zero-order chi connectivity index (χ0) is 24.2. The van der Waals surface area contributed by atoms with E-state index in [0.29, 0.717) is 35.6 Å². The molecule has 0 bridgehead atoms. The van der Waals surface area contributed by atoms with Crippen LogP contribution in [0.4, 0.5) is 15.8 Å². The smallest absolute Gasteiger partial charge is 0.305 e. The predicted octanol–water partition coefficient (Wildman–Crippen LogP) is 3.86. The van der Waals surface area contributed by atoms with E-state index in [-0.39, 0.29) is 22.8 Å². The summed E-state index contributed by atoms with van der Waals surface area (Å²) in [5.41, 5.74) is 10.1. The van der Waals surface area contributed by atoms with E-state index in [9.17, 15) is 24.1 Å². The molecule has 1 aliphatic rings. The standard InChI is InChI=1S/C23H20FN5O5/c1-13-20-18(26-25-16-9-7-15(24)8-10-16)3-2-4-19(20)34-21(13)23(31)28-27-22(30)14-5-11-17(12-6-14)29(32)33/h5-12,25H,2-4H2,1H3,(H,27,30)(H,28,31)/b26-18+. The molecule has 34 heavy (non-hydrogen) atoms. The van der Waals surface area contributed by atoms with Crippen molar-refractivity contribution in [1.82, 2.24) is 10.9 Å². The molecule has 0 atom stereocenters. The van der Waals surface area contributed by atoms with Crippen LogP contribution in [-0.4, -0.2) is 22.4 Å². The summed E-state index contributed by atoms with van der Waals surface area (Å²) in [5.74, 6) is -0.961. The number of amides is 2. The highest BCUT2D eigenvalue weighted by molar-refractivity contribution is 6.07. The highest BCUT2D eigenvalue weighted by Crippen LogP contribution is 2.30. The number of carbonyl (C=O) groups excluding carboxylic acids is 2. The maximum absolute atomic E-state index is 13.1. The highest BCUT2D eigenvalue weighted by atomic mass is 19.1. The molecule has 4 rings (SSSR count). The summed E-state index contributed by atoms with van der Waals surface area (Å²) in [5, 5.41) is 15.2. The molecule has 2 amide bonds. The Morgan fingerprint density at radius 2 is 1.71 bits per heavy atom. The van der Waals surface area contributed by atoms with Gasteiger partial charge in [0.05, 0.1) is 16.3 Å². The summed E-state index contributed by atoms with van der Waals surface area (Å²) in [7, 11) is 0. The van der Waals surface area contributed by atoms with Crippen LogP contribution in [0.5, 0.6) is 0 Å². The van der Waals surface area contributed by atoms with E-state index in [1.54, 1.807) is 19.1 Å². The number of benzene rings is 2. The number of hydrogen-bond acceptors (Lipinski definition) is 7. The number of hydrazone groups is 1. The van der Waals surface area contributed by atoms with E-state index in [1.807, 2.05) is 0 Å². The van der Waals surface area contributed by atoms with Crippen molar-refractivity contribution in [2.75, 3.05) is 5.43 Å². The molecule has 11 heteroatoms. The molecule has 3 aromatic rings. The maximum atomic E-state index is 13.1. The van der Waals surface area contributed by atoms with Crippen molar-refractivity contribution >= 4 is 28.9 Å². The largest absolute Gasteiger partial charge is 0.455 e. The van der Waals surface area contributed by atoms with Gasteiger partial charge in [-0.15, -0.1) is 0 Å². The molecule has 3 N–H and O–H groups in total. The third-order valence-electron chi connectivity index (χ3n) is 5.33. The van der Waals surface area contributed by atoms with Crippen LogP contribution >= 0.6 is 0 Å². The Morgan fingerprint density at radius 3 is 2.38 bits per heavy atom. The summed E-state index contributed by atoms with van der Waals surface area (Å²) in [4.78, 5) is 35.1. The van der Waals surface area contributed by atoms with Crippen LogP contribution in [0.2, 0.25) is 0 Å². The van der Waals surface area contributed by atoms with Crippen LogP contribution in [0.1, 0.15) is 50.6 Å². The average molecular weight is 465 g/mol. The first-order chi connectivity index (χ1) is 16.3. The number of rotatable bonds is 5. The normalized spacial score (nSPS) is 13.8. The number of nitrogens with zero attached hydrogens (tertiary/aromatic N) is 2. The van der Waals surface area contributed by atoms with Gasteiger partial charge in [0.15, 0.2) is 5.76 Å². The number of anilines is 1. The summed E-state index contributed by atoms with van der Waals surface area (Å²) in [6, 6.07) is 10.7. The molecule has 2 aromatic carbocycles. The van der Waals surface area contributed by atoms with Gasteiger partial charge in [0.2, 0.25) is 0 Å². The Hall–Kier alpha value is -4.54. The lowest BCUT2D eigenvalue weighted by molar-refractivity contribution is -0.384. The quantitative estimate of drug-likeness (QED) is 0.386. The van der Waals surface area contributed by atoms with Gasteiger partial charge in [-0.3, -0.25) is 36.0 Å². The van der Waals surface area contributed by atoms with Gasteiger partial charge in [-0.2, -0.15) is 5.10 Å². The number of hydrogen-bond donors (Lipinski definition) is 3. The Morgan fingerprint density at radius 1 is 1.03 bits per heavy atom. The number of furan rings is 1. The number of halogens is 1. The molecule has 0 spiro atoms. The van der Waals surface area contributed by atoms with E-state index in [4.69, 9.17) is 4.42 Å². The number of carbonyl (C=O) groups is 2. The highest BCUT2D eigenvalue weighted by Gasteiger charge is 2.28. The first-order valence-electron chi connectivity index (χ1n) is 10.4. The van der Waals surface area contributed by atoms with Crippen LogP contribution < -0.4 is 16.3 Å². The molecule has 0 saturated carbocycles. The monoisotopic (exact) mass is 465 g/mol. The number of non-ortho nitro benzene ring substituents is 1. The molecule has 1 aromatic heterocycles. The van der Waals surface area contributed by atoms with E-state index in [1.165, 1.54) is 36.4 Å². The lowest BCUT2D eigenvalue weighted by Crippen LogP contribution is -2.41. The Labute approximate surface area is 193 Å². The van der Waals surface area contributed by atoms with Gasteiger partial charge in [-0.05, 0) is 56.2 Å². The maximum Gasteiger partial charge on any atom is 0.305 e. The minimum atomic E-state index is -0.645. The van der Waals surface area contributed by atoms with Crippen LogP contribution in [-0.2, 0) is 6.42 Å². The molecule has 0 fully saturated rings. The van der Waals surface area contributed by atoms with Gasteiger partial charge in [0.25, 0.3) is 11.6 Å². The van der Waals surface area contributed by atoms with Crippen LogP contribution in [0.3, 0.4) is 0 Å². The van der Waals surface area contributed by atoms with Gasteiger partial charge in [-0.1, -0.05) is 0 Å². The molecule has 0 saturated heterocycles. The molecule has 10 nitrogen and oxygen atoms in total. The lowest BCUT2D eigenvalue weighted by atomic mass is 9.93. The first kappa shape index (κ1) is 22.6. The molecule has 174 valence electrons. The van der Waals surface area contributed by atoms with Gasteiger partial charge < -0.3 is 4.42 Å². The van der Waals surface area contributed by atoms with Crippen molar-refractivity contribution in [1.29, 1.82) is 0 Å². The molecule has 1 aliphatic carbocycles. The van der Waals surface area contributed by atoms with Gasteiger partial charge in [-0.25, -0.2) is 4.39 Å². The minimum absolute atomic E-state index is 0.0466. The van der Waals surface area contributed by atoms with E-state index >= 15 is 0 Å². The molecule has 1 heterocycles. The zero-order valence-corrected chi connectivity index (χ0v) is 18.1. The summed E-state index contributed by atoms with van der Waals surface area (Å²) in [6.07, 6.45) is 2.08. The fourth-order valence-corrected chi connectivity index (χ4v) is 3.63. The van der Waals surface area contributed by atoms with Crippen LogP contribution in [0, 0.1) is 22.9 Å². The van der Waals surface area contributed by atoms with Crippen LogP contribution in [0.25, 0.3) is 0 Å². The molecular formula is C23H20FN5O5. The fourth-order valence-electron chi connectivity index (χ4n) is 3.63. The Kier molecular flexibility index (Phi) is 6.35. The zero-order valence-electron chi connectivity index (χ0n) is 18.1. The number of aryl methyl sites for hydroxylation is 1. The SMILES string of the molecule is Cc1c(C(=O)NNC(=O)c2ccc([N+](=O)[O-])cc2)oc2c1/C(=N/Nc1ccc(F)cc1)CCC2. The van der Waals surface area contributed by atoms with Crippen molar-refractivity contribution in [3.05, 3.63) is 92.7 Å². The topological polar surface area (TPSA) is 139 Å². The van der Waals surface area contributed by atoms with Gasteiger partial charge >= 0.3 is 5.91 Å². The van der Waals surface area contributed by atoms with Crippen molar-refractivity contribution in [3.63, 3.8) is 0 Å². The summed E-state index contributed by atoms with van der Waals surface area (Å²) < 4.78 is 18.9. The molecule has 0 radical (unpaired) electrons. The van der Waals surface area contributed by atoms with E-state index < -0.39 is 16.7 Å². The molecule has 0 aliphatic heterocycles. The Balaban J connectivity index is 1.46. The van der Waals surface area contributed by atoms with Gasteiger partial charge in [0, 0.05) is 35.2 Å². The predicted molar refractivity (Wildman–Crippen MR) is 121 cm³/mol. The number of nitrogens with one attached hydrogen (secondary N) is 3. The van der Waals surface area contributed by atoms with Crippen molar-refractivity contribution in [2.45, 2.75) is 26.2 Å². The van der Waals surface area contributed by atoms with Crippen molar-refractivity contribution < 1.29 is 23.3 Å². The lowest BCUT2D eigenvalue weighted by Gasteiger charge is -2.13. The third-order valence-corrected chi connectivity index (χ3v) is 5.33. The third kappa shape index (κ3) is 4.77. The van der Waals surface area contributed by atoms with E-state index in [0.717, 1.165) is 12.0 Å². The Bertz CT molecular complexity index is 1280. The van der Waals surface area contributed by atoms with E-state index in [2.05, 4.69) is 21.4 Å². The second-order valence-electron chi connectivity index (χ2n) is 7.60. The molecular weight excluding hydrogens is 445 g/mol. The summed E-state index contributed by atoms with van der Waals surface area (Å²) >= 11 is 0. The van der Waals surface area contributed by atoms with Crippen LogP contribution in [0.15, 0.2) is 58.0 Å². The van der Waals surface area contributed by atoms with Gasteiger partial charge in [0.1, 0.15) is 11.6 Å². The number of hydrazine groups is 1. The second-order valence-corrected chi connectivity index (χ2v) is 7.60. The first-order valence-corrected chi connectivity index (χ1v) is 10.4. The summed E-state index contributed by atoms with van der Waals surface area (Å²) in [6.45, 7) is 1.73.